The second-order valence-corrected chi connectivity index (χ2v) is 3.43. The van der Waals surface area contributed by atoms with Crippen molar-refractivity contribution in [1.29, 1.82) is 0 Å². The van der Waals surface area contributed by atoms with Gasteiger partial charge in [-0.2, -0.15) is 0 Å². The molecule has 0 aromatic heterocycles. The van der Waals surface area contributed by atoms with Crippen LogP contribution in [0.15, 0.2) is 0 Å². The van der Waals surface area contributed by atoms with E-state index in [0.29, 0.717) is 0 Å². The Morgan fingerprint density at radius 2 is 2.27 bits per heavy atom. The number of carbonyl (C=O) groups is 3. The molecular formula is C9H13NO5. The summed E-state index contributed by atoms with van der Waals surface area (Å²) >= 11 is 0. The maximum atomic E-state index is 11.5. The first kappa shape index (κ1) is 11.6. The molecule has 15 heavy (non-hydrogen) atoms. The topological polar surface area (TPSA) is 83.9 Å². The number of imide groups is 1. The van der Waals surface area contributed by atoms with Crippen molar-refractivity contribution in [3.8, 4) is 0 Å². The molecule has 1 heterocycles. The van der Waals surface area contributed by atoms with Crippen LogP contribution in [-0.4, -0.2) is 47.5 Å². The molecule has 1 aliphatic heterocycles. The molecule has 84 valence electrons. The number of amides is 2. The molecule has 2 amide bonds. The Bertz CT molecular complexity index is 301. The van der Waals surface area contributed by atoms with Gasteiger partial charge in [0.25, 0.3) is 0 Å². The van der Waals surface area contributed by atoms with Gasteiger partial charge in [0.05, 0.1) is 13.7 Å². The lowest BCUT2D eigenvalue weighted by Crippen LogP contribution is -2.47. The summed E-state index contributed by atoms with van der Waals surface area (Å²) in [5, 5.41) is 8.96. The van der Waals surface area contributed by atoms with Crippen LogP contribution in [0.1, 0.15) is 13.3 Å². The number of aliphatic hydroxyl groups excluding tert-OH is 1. The maximum absolute atomic E-state index is 11.5. The number of rotatable bonds is 3. The fraction of sp³-hybridized carbons (Fsp3) is 0.667. The van der Waals surface area contributed by atoms with E-state index in [-0.39, 0.29) is 6.42 Å². The standard InChI is InChI=1S/C9H13NO5/c1-5-3-7(12)10(8(5)13)6(4-11)9(14)15-2/h5-6,11H,3-4H2,1-2H3. The molecule has 1 fully saturated rings. The van der Waals surface area contributed by atoms with Gasteiger partial charge in [-0.15, -0.1) is 0 Å². The Morgan fingerprint density at radius 1 is 1.67 bits per heavy atom. The molecule has 0 radical (unpaired) electrons. The van der Waals surface area contributed by atoms with E-state index in [1.807, 2.05) is 0 Å². The van der Waals surface area contributed by atoms with Crippen molar-refractivity contribution in [1.82, 2.24) is 4.90 Å². The Labute approximate surface area is 86.8 Å². The van der Waals surface area contributed by atoms with Gasteiger partial charge in [0.1, 0.15) is 0 Å². The van der Waals surface area contributed by atoms with E-state index in [2.05, 4.69) is 4.74 Å². The zero-order chi connectivity index (χ0) is 11.6. The second kappa shape index (κ2) is 4.39. The van der Waals surface area contributed by atoms with Gasteiger partial charge >= 0.3 is 5.97 Å². The highest BCUT2D eigenvalue weighted by Crippen LogP contribution is 2.21. The van der Waals surface area contributed by atoms with Crippen LogP contribution in [0.5, 0.6) is 0 Å². The monoisotopic (exact) mass is 215 g/mol. The number of aliphatic hydroxyl groups is 1. The molecule has 0 saturated carbocycles. The van der Waals surface area contributed by atoms with Crippen LogP contribution in [-0.2, 0) is 19.1 Å². The number of nitrogens with zero attached hydrogens (tertiary/aromatic N) is 1. The van der Waals surface area contributed by atoms with E-state index in [0.717, 1.165) is 12.0 Å². The van der Waals surface area contributed by atoms with Crippen molar-refractivity contribution in [2.75, 3.05) is 13.7 Å². The Kier molecular flexibility index (Phi) is 3.41. The SMILES string of the molecule is COC(=O)C(CO)N1C(=O)CC(C)C1=O. The first-order valence-electron chi connectivity index (χ1n) is 4.57. The minimum absolute atomic E-state index is 0.0757. The number of esters is 1. The molecule has 1 rings (SSSR count). The molecule has 2 unspecified atom stereocenters. The molecule has 0 aromatic rings. The summed E-state index contributed by atoms with van der Waals surface area (Å²) in [4.78, 5) is 34.9. The van der Waals surface area contributed by atoms with Gasteiger partial charge < -0.3 is 9.84 Å². The van der Waals surface area contributed by atoms with Crippen molar-refractivity contribution in [2.24, 2.45) is 5.92 Å². The number of hydrogen-bond acceptors (Lipinski definition) is 5. The molecule has 2 atom stereocenters. The van der Waals surface area contributed by atoms with Gasteiger partial charge in [0.15, 0.2) is 6.04 Å². The van der Waals surface area contributed by atoms with Crippen LogP contribution >= 0.6 is 0 Å². The Balaban J connectivity index is 2.89. The fourth-order valence-electron chi connectivity index (χ4n) is 1.53. The largest absolute Gasteiger partial charge is 0.467 e. The van der Waals surface area contributed by atoms with E-state index in [1.165, 1.54) is 0 Å². The molecule has 1 N–H and O–H groups in total. The zero-order valence-electron chi connectivity index (χ0n) is 8.60. The van der Waals surface area contributed by atoms with Crippen molar-refractivity contribution in [2.45, 2.75) is 19.4 Å². The van der Waals surface area contributed by atoms with Crippen molar-refractivity contribution in [3.05, 3.63) is 0 Å². The van der Waals surface area contributed by atoms with Crippen LogP contribution in [0.25, 0.3) is 0 Å². The summed E-state index contributed by atoms with van der Waals surface area (Å²) in [6.07, 6.45) is 0.0757. The van der Waals surface area contributed by atoms with Gasteiger partial charge in [-0.05, 0) is 0 Å². The molecular weight excluding hydrogens is 202 g/mol. The summed E-state index contributed by atoms with van der Waals surface area (Å²) in [6, 6.07) is -1.21. The Morgan fingerprint density at radius 3 is 2.60 bits per heavy atom. The molecule has 0 aromatic carbocycles. The van der Waals surface area contributed by atoms with E-state index >= 15 is 0 Å². The molecule has 6 nitrogen and oxygen atoms in total. The fourth-order valence-corrected chi connectivity index (χ4v) is 1.53. The minimum Gasteiger partial charge on any atom is -0.467 e. The first-order chi connectivity index (χ1) is 7.02. The van der Waals surface area contributed by atoms with Crippen LogP contribution < -0.4 is 0 Å². The third kappa shape index (κ3) is 1.99. The number of methoxy groups -OCH3 is 1. The summed E-state index contributed by atoms with van der Waals surface area (Å²) in [6.45, 7) is 0.989. The summed E-state index contributed by atoms with van der Waals surface area (Å²) in [5.41, 5.74) is 0. The lowest BCUT2D eigenvalue weighted by Gasteiger charge is -2.22. The van der Waals surface area contributed by atoms with Crippen LogP contribution in [0.4, 0.5) is 0 Å². The quantitative estimate of drug-likeness (QED) is 0.478. The highest BCUT2D eigenvalue weighted by atomic mass is 16.5. The van der Waals surface area contributed by atoms with E-state index in [9.17, 15) is 14.4 Å². The summed E-state index contributed by atoms with van der Waals surface area (Å²) < 4.78 is 4.40. The average Bonchev–Trinajstić information content (AvgIpc) is 2.45. The number of ether oxygens (including phenoxy) is 1. The van der Waals surface area contributed by atoms with E-state index in [4.69, 9.17) is 5.11 Å². The van der Waals surface area contributed by atoms with Crippen LogP contribution in [0, 0.1) is 5.92 Å². The highest BCUT2D eigenvalue weighted by Gasteiger charge is 2.42. The van der Waals surface area contributed by atoms with Gasteiger partial charge in [-0.3, -0.25) is 14.5 Å². The number of likely N-dealkylation sites (tertiary alicyclic amines) is 1. The molecule has 0 aliphatic carbocycles. The lowest BCUT2D eigenvalue weighted by molar-refractivity contribution is -0.158. The average molecular weight is 215 g/mol. The Hall–Kier alpha value is -1.43. The van der Waals surface area contributed by atoms with Gasteiger partial charge in [0, 0.05) is 12.3 Å². The van der Waals surface area contributed by atoms with Gasteiger partial charge in [-0.1, -0.05) is 6.92 Å². The summed E-state index contributed by atoms with van der Waals surface area (Å²) in [5.74, 6) is -2.11. The second-order valence-electron chi connectivity index (χ2n) is 3.43. The van der Waals surface area contributed by atoms with Crippen LogP contribution in [0.2, 0.25) is 0 Å². The predicted molar refractivity (Wildman–Crippen MR) is 48.5 cm³/mol. The van der Waals surface area contributed by atoms with Crippen LogP contribution in [0.3, 0.4) is 0 Å². The molecule has 1 saturated heterocycles. The minimum atomic E-state index is -1.21. The molecule has 1 aliphatic rings. The molecule has 0 spiro atoms. The predicted octanol–water partition coefficient (Wildman–Crippen LogP) is -1.08. The normalized spacial score (nSPS) is 23.1. The van der Waals surface area contributed by atoms with E-state index in [1.54, 1.807) is 6.92 Å². The maximum Gasteiger partial charge on any atom is 0.331 e. The van der Waals surface area contributed by atoms with Crippen molar-refractivity contribution in [3.63, 3.8) is 0 Å². The van der Waals surface area contributed by atoms with Crippen molar-refractivity contribution < 1.29 is 24.2 Å². The first-order valence-corrected chi connectivity index (χ1v) is 4.57. The third-order valence-electron chi connectivity index (χ3n) is 2.37. The summed E-state index contributed by atoms with van der Waals surface area (Å²) in [7, 11) is 1.14. The number of carbonyl (C=O) groups excluding carboxylic acids is 3. The highest BCUT2D eigenvalue weighted by molar-refractivity contribution is 6.06. The smallest absolute Gasteiger partial charge is 0.331 e. The van der Waals surface area contributed by atoms with Crippen molar-refractivity contribution >= 4 is 17.8 Å². The zero-order valence-corrected chi connectivity index (χ0v) is 8.60. The van der Waals surface area contributed by atoms with Gasteiger partial charge in [0.2, 0.25) is 11.8 Å². The molecule has 6 heteroatoms. The molecule has 0 bridgehead atoms. The van der Waals surface area contributed by atoms with Gasteiger partial charge in [-0.25, -0.2) is 4.79 Å². The van der Waals surface area contributed by atoms with E-state index < -0.39 is 36.4 Å². The third-order valence-corrected chi connectivity index (χ3v) is 2.37. The lowest BCUT2D eigenvalue weighted by atomic mass is 10.1. The number of hydrogen-bond donors (Lipinski definition) is 1.